The maximum absolute atomic E-state index is 12.7. The molecule has 20 heavy (non-hydrogen) atoms. The van der Waals surface area contributed by atoms with Crippen LogP contribution in [0.2, 0.25) is 0 Å². The summed E-state index contributed by atoms with van der Waals surface area (Å²) in [6.45, 7) is 0.608. The first-order chi connectivity index (χ1) is 9.70. The molecule has 1 aromatic heterocycles. The van der Waals surface area contributed by atoms with E-state index in [-0.39, 0.29) is 18.4 Å². The molecular weight excluding hydrogens is 254 g/mol. The Labute approximate surface area is 118 Å². The van der Waals surface area contributed by atoms with Crippen LogP contribution in [0.4, 0.5) is 0 Å². The fourth-order valence-electron chi connectivity index (χ4n) is 3.24. The van der Waals surface area contributed by atoms with Crippen molar-refractivity contribution in [1.82, 2.24) is 15.2 Å². The smallest absolute Gasteiger partial charge is 0.249 e. The molecule has 0 radical (unpaired) electrons. The van der Waals surface area contributed by atoms with E-state index in [1.165, 1.54) is 0 Å². The number of aromatic nitrogens is 1. The van der Waals surface area contributed by atoms with Crippen LogP contribution in [0.25, 0.3) is 0 Å². The second kappa shape index (κ2) is 5.23. The molecule has 106 valence electrons. The van der Waals surface area contributed by atoms with E-state index in [1.807, 2.05) is 12.1 Å². The summed E-state index contributed by atoms with van der Waals surface area (Å²) in [6, 6.07) is 3.78. The molecule has 5 nitrogen and oxygen atoms in total. The third-order valence-corrected chi connectivity index (χ3v) is 4.21. The highest BCUT2D eigenvalue weighted by Crippen LogP contribution is 2.32. The number of carbonyl (C=O) groups excluding carboxylic acids is 2. The molecule has 2 heterocycles. The van der Waals surface area contributed by atoms with Gasteiger partial charge in [0.25, 0.3) is 0 Å². The third kappa shape index (κ3) is 2.40. The molecule has 1 N–H and O–H groups in total. The number of nitrogens with zero attached hydrogens (tertiary/aromatic N) is 2. The minimum Gasteiger partial charge on any atom is -0.340 e. The number of pyridine rings is 1. The van der Waals surface area contributed by atoms with Crippen LogP contribution >= 0.6 is 0 Å². The maximum atomic E-state index is 12.7. The molecule has 1 aliphatic carbocycles. The monoisotopic (exact) mass is 273 g/mol. The van der Waals surface area contributed by atoms with E-state index in [9.17, 15) is 9.59 Å². The van der Waals surface area contributed by atoms with Gasteiger partial charge in [-0.15, -0.1) is 0 Å². The normalized spacial score (nSPS) is 21.9. The van der Waals surface area contributed by atoms with Crippen molar-refractivity contribution in [3.63, 3.8) is 0 Å². The van der Waals surface area contributed by atoms with Crippen molar-refractivity contribution in [2.45, 2.75) is 44.2 Å². The molecule has 1 aliphatic heterocycles. The molecule has 2 aliphatic rings. The summed E-state index contributed by atoms with van der Waals surface area (Å²) in [4.78, 5) is 30.4. The van der Waals surface area contributed by atoms with Crippen molar-refractivity contribution in [3.05, 3.63) is 30.1 Å². The number of piperazine rings is 1. The zero-order valence-electron chi connectivity index (χ0n) is 11.5. The van der Waals surface area contributed by atoms with E-state index in [1.54, 1.807) is 17.3 Å². The molecule has 0 bridgehead atoms. The van der Waals surface area contributed by atoms with Gasteiger partial charge >= 0.3 is 0 Å². The van der Waals surface area contributed by atoms with Crippen molar-refractivity contribution in [2.24, 2.45) is 0 Å². The van der Waals surface area contributed by atoms with Crippen LogP contribution in [0.1, 0.15) is 37.7 Å². The van der Waals surface area contributed by atoms with Gasteiger partial charge in [-0.05, 0) is 24.5 Å². The number of hydrogen-bond donors (Lipinski definition) is 1. The Balaban J connectivity index is 1.80. The first-order valence-corrected chi connectivity index (χ1v) is 7.19. The van der Waals surface area contributed by atoms with E-state index in [4.69, 9.17) is 0 Å². The molecule has 5 heteroatoms. The van der Waals surface area contributed by atoms with Crippen molar-refractivity contribution in [1.29, 1.82) is 0 Å². The van der Waals surface area contributed by atoms with Gasteiger partial charge in [0.2, 0.25) is 11.8 Å². The second-order valence-corrected chi connectivity index (χ2v) is 5.71. The van der Waals surface area contributed by atoms with Gasteiger partial charge in [-0.25, -0.2) is 0 Å². The Morgan fingerprint density at radius 3 is 2.75 bits per heavy atom. The summed E-state index contributed by atoms with van der Waals surface area (Å²) in [7, 11) is 0. The molecule has 1 saturated heterocycles. The Morgan fingerprint density at radius 2 is 2.05 bits per heavy atom. The molecule has 1 saturated carbocycles. The average Bonchev–Trinajstić information content (AvgIpc) is 2.46. The van der Waals surface area contributed by atoms with E-state index in [2.05, 4.69) is 10.3 Å². The summed E-state index contributed by atoms with van der Waals surface area (Å²) < 4.78 is 0. The molecule has 0 unspecified atom stereocenters. The SMILES string of the molecule is O=C1CN(Cc2cccnc2)C(=O)C2(CCCCC2)N1. The maximum Gasteiger partial charge on any atom is 0.249 e. The fraction of sp³-hybridized carbons (Fsp3) is 0.533. The van der Waals surface area contributed by atoms with Crippen LogP contribution in [0.15, 0.2) is 24.5 Å². The lowest BCUT2D eigenvalue weighted by Gasteiger charge is -2.44. The minimum absolute atomic E-state index is 0.0459. The predicted octanol–water partition coefficient (Wildman–Crippen LogP) is 1.24. The van der Waals surface area contributed by atoms with Crippen molar-refractivity contribution in [3.8, 4) is 0 Å². The molecule has 2 fully saturated rings. The van der Waals surface area contributed by atoms with Gasteiger partial charge in [-0.1, -0.05) is 25.3 Å². The lowest BCUT2D eigenvalue weighted by Crippen LogP contribution is -2.66. The molecule has 1 spiro atoms. The average molecular weight is 273 g/mol. The van der Waals surface area contributed by atoms with Gasteiger partial charge in [-0.2, -0.15) is 0 Å². The standard InChI is InChI=1S/C15H19N3O2/c19-13-11-18(10-12-5-4-8-16-9-12)14(20)15(17-13)6-2-1-3-7-15/h4-5,8-9H,1-3,6-7,10-11H2,(H,17,19). The lowest BCUT2D eigenvalue weighted by atomic mass is 9.79. The summed E-state index contributed by atoms with van der Waals surface area (Å²) >= 11 is 0. The highest BCUT2D eigenvalue weighted by molar-refractivity contribution is 5.98. The van der Waals surface area contributed by atoms with Gasteiger partial charge < -0.3 is 10.2 Å². The lowest BCUT2D eigenvalue weighted by molar-refractivity contribution is -0.152. The molecule has 3 rings (SSSR count). The van der Waals surface area contributed by atoms with E-state index in [0.717, 1.165) is 37.7 Å². The molecule has 1 aromatic rings. The number of carbonyl (C=O) groups is 2. The van der Waals surface area contributed by atoms with Gasteiger partial charge in [0.15, 0.2) is 0 Å². The van der Waals surface area contributed by atoms with Crippen LogP contribution in [0, 0.1) is 0 Å². The molecular formula is C15H19N3O2. The summed E-state index contributed by atoms with van der Waals surface area (Å²) in [6.07, 6.45) is 8.14. The van der Waals surface area contributed by atoms with Gasteiger partial charge in [0, 0.05) is 18.9 Å². The summed E-state index contributed by atoms with van der Waals surface area (Å²) in [5.74, 6) is 0.0241. The summed E-state index contributed by atoms with van der Waals surface area (Å²) in [5.41, 5.74) is 0.317. The fourth-order valence-corrected chi connectivity index (χ4v) is 3.24. The zero-order valence-corrected chi connectivity index (χ0v) is 11.5. The predicted molar refractivity (Wildman–Crippen MR) is 73.6 cm³/mol. The largest absolute Gasteiger partial charge is 0.340 e. The molecule has 2 amide bonds. The van der Waals surface area contributed by atoms with E-state index in [0.29, 0.717) is 6.54 Å². The quantitative estimate of drug-likeness (QED) is 0.882. The number of amides is 2. The molecule has 0 atom stereocenters. The summed E-state index contributed by atoms with van der Waals surface area (Å²) in [5, 5.41) is 2.95. The Kier molecular flexibility index (Phi) is 3.42. The van der Waals surface area contributed by atoms with Crippen LogP contribution in [0.5, 0.6) is 0 Å². The van der Waals surface area contributed by atoms with Crippen molar-refractivity contribution in [2.75, 3.05) is 6.54 Å². The number of nitrogens with one attached hydrogen (secondary N) is 1. The van der Waals surface area contributed by atoms with Gasteiger partial charge in [-0.3, -0.25) is 14.6 Å². The highest BCUT2D eigenvalue weighted by atomic mass is 16.2. The third-order valence-electron chi connectivity index (χ3n) is 4.21. The van der Waals surface area contributed by atoms with Crippen LogP contribution in [-0.2, 0) is 16.1 Å². The van der Waals surface area contributed by atoms with E-state index < -0.39 is 5.54 Å². The highest BCUT2D eigenvalue weighted by Gasteiger charge is 2.46. The van der Waals surface area contributed by atoms with E-state index >= 15 is 0 Å². The van der Waals surface area contributed by atoms with Crippen molar-refractivity contribution < 1.29 is 9.59 Å². The number of rotatable bonds is 2. The van der Waals surface area contributed by atoms with Gasteiger partial charge in [0.1, 0.15) is 5.54 Å². The van der Waals surface area contributed by atoms with Crippen LogP contribution < -0.4 is 5.32 Å². The molecule has 0 aromatic carbocycles. The Bertz CT molecular complexity index is 509. The Hall–Kier alpha value is -1.91. The second-order valence-electron chi connectivity index (χ2n) is 5.71. The minimum atomic E-state index is -0.643. The van der Waals surface area contributed by atoms with Crippen molar-refractivity contribution >= 4 is 11.8 Å². The van der Waals surface area contributed by atoms with Crippen LogP contribution in [0.3, 0.4) is 0 Å². The first kappa shape index (κ1) is 13.1. The number of hydrogen-bond acceptors (Lipinski definition) is 3. The zero-order chi connectivity index (χ0) is 14.0. The topological polar surface area (TPSA) is 62.3 Å². The van der Waals surface area contributed by atoms with Gasteiger partial charge in [0.05, 0.1) is 6.54 Å². The first-order valence-electron chi connectivity index (χ1n) is 7.19. The Morgan fingerprint density at radius 1 is 1.25 bits per heavy atom. The van der Waals surface area contributed by atoms with Crippen LogP contribution in [-0.4, -0.2) is 33.8 Å².